The largest absolute Gasteiger partial charge is 0.394 e. The summed E-state index contributed by atoms with van der Waals surface area (Å²) in [5, 5.41) is 30.3. The van der Waals surface area contributed by atoms with Crippen LogP contribution in [0.2, 0.25) is 0 Å². The highest BCUT2D eigenvalue weighted by Gasteiger charge is 2.42. The van der Waals surface area contributed by atoms with Gasteiger partial charge in [0.1, 0.15) is 24.4 Å². The van der Waals surface area contributed by atoms with Crippen molar-refractivity contribution in [1.29, 1.82) is 0 Å². The predicted octanol–water partition coefficient (Wildman–Crippen LogP) is -2.01. The Hall–Kier alpha value is -0.690. The Morgan fingerprint density at radius 1 is 1.33 bits per heavy atom. The lowest BCUT2D eigenvalue weighted by atomic mass is 10.1. The van der Waals surface area contributed by atoms with Gasteiger partial charge in [-0.15, -0.1) is 0 Å². The molecule has 0 aromatic carbocycles. The molecule has 0 aromatic rings. The van der Waals surface area contributed by atoms with Gasteiger partial charge in [-0.25, -0.2) is 0 Å². The Morgan fingerprint density at radius 3 is 2.40 bits per heavy atom. The molecule has 4 N–H and O–H groups in total. The van der Waals surface area contributed by atoms with E-state index in [1.807, 2.05) is 0 Å². The monoisotopic (exact) mass is 219 g/mol. The molecule has 1 rings (SSSR count). The molecular weight excluding hydrogens is 202 g/mol. The summed E-state index contributed by atoms with van der Waals surface area (Å²) in [6, 6.07) is 0. The van der Waals surface area contributed by atoms with Crippen molar-refractivity contribution in [3.63, 3.8) is 0 Å². The Bertz CT molecular complexity index is 223. The van der Waals surface area contributed by atoms with Crippen LogP contribution in [0.15, 0.2) is 0 Å². The molecule has 1 heterocycles. The Morgan fingerprint density at radius 2 is 1.93 bits per heavy atom. The molecule has 6 heteroatoms. The molecule has 0 saturated carbocycles. The van der Waals surface area contributed by atoms with E-state index in [0.29, 0.717) is 6.42 Å². The van der Waals surface area contributed by atoms with Gasteiger partial charge >= 0.3 is 0 Å². The Balaban J connectivity index is 2.40. The fourth-order valence-corrected chi connectivity index (χ4v) is 1.48. The van der Waals surface area contributed by atoms with Crippen molar-refractivity contribution in [1.82, 2.24) is 5.32 Å². The quantitative estimate of drug-likeness (QED) is 0.438. The fourth-order valence-electron chi connectivity index (χ4n) is 1.48. The average molecular weight is 219 g/mol. The topological polar surface area (TPSA) is 99.0 Å². The van der Waals surface area contributed by atoms with E-state index in [1.165, 1.54) is 0 Å². The molecule has 0 radical (unpaired) electrons. The van der Waals surface area contributed by atoms with Crippen LogP contribution in [0.5, 0.6) is 0 Å². The number of rotatable bonds is 4. The van der Waals surface area contributed by atoms with Crippen molar-refractivity contribution in [3.05, 3.63) is 0 Å². The smallest absolute Gasteiger partial charge is 0.219 e. The summed E-state index contributed by atoms with van der Waals surface area (Å²) in [5.41, 5.74) is 0. The summed E-state index contributed by atoms with van der Waals surface area (Å²) in [4.78, 5) is 10.9. The first-order chi connectivity index (χ1) is 7.10. The van der Waals surface area contributed by atoms with Crippen LogP contribution in [0.1, 0.15) is 13.3 Å². The first kappa shape index (κ1) is 12.4. The van der Waals surface area contributed by atoms with Gasteiger partial charge in [-0.3, -0.25) is 4.79 Å². The SMILES string of the molecule is CCC(=O)NC[C@@H]1O[C@H](CO)[C@@H](O)[C@@H]1O. The number of carbonyl (C=O) groups excluding carboxylic acids is 1. The number of hydrogen-bond donors (Lipinski definition) is 4. The molecule has 1 aliphatic heterocycles. The van der Waals surface area contributed by atoms with Crippen LogP contribution in [0.3, 0.4) is 0 Å². The molecule has 15 heavy (non-hydrogen) atoms. The summed E-state index contributed by atoms with van der Waals surface area (Å²) < 4.78 is 5.17. The minimum Gasteiger partial charge on any atom is -0.394 e. The second kappa shape index (κ2) is 5.41. The van der Waals surface area contributed by atoms with Crippen molar-refractivity contribution in [2.75, 3.05) is 13.2 Å². The molecule has 1 fully saturated rings. The van der Waals surface area contributed by atoms with Gasteiger partial charge in [0.25, 0.3) is 0 Å². The summed E-state index contributed by atoms with van der Waals surface area (Å²) in [6.07, 6.45) is -3.25. The van der Waals surface area contributed by atoms with Crippen LogP contribution < -0.4 is 5.32 Å². The summed E-state index contributed by atoms with van der Waals surface area (Å²) >= 11 is 0. The summed E-state index contributed by atoms with van der Waals surface area (Å²) in [7, 11) is 0. The van der Waals surface area contributed by atoms with Crippen LogP contribution in [0.4, 0.5) is 0 Å². The average Bonchev–Trinajstić information content (AvgIpc) is 2.52. The zero-order valence-electron chi connectivity index (χ0n) is 8.59. The van der Waals surface area contributed by atoms with Gasteiger partial charge < -0.3 is 25.4 Å². The van der Waals surface area contributed by atoms with Gasteiger partial charge in [-0.2, -0.15) is 0 Å². The Labute approximate surface area is 87.9 Å². The number of aliphatic hydroxyl groups is 3. The number of carbonyl (C=O) groups is 1. The maximum atomic E-state index is 10.9. The number of aliphatic hydroxyl groups excluding tert-OH is 3. The third-order valence-corrected chi connectivity index (χ3v) is 2.46. The lowest BCUT2D eigenvalue weighted by molar-refractivity contribution is -0.121. The van der Waals surface area contributed by atoms with Gasteiger partial charge in [0.05, 0.1) is 6.61 Å². The first-order valence-corrected chi connectivity index (χ1v) is 4.99. The maximum absolute atomic E-state index is 10.9. The minimum absolute atomic E-state index is 0.140. The maximum Gasteiger partial charge on any atom is 0.219 e. The number of amides is 1. The molecule has 6 nitrogen and oxygen atoms in total. The number of hydrogen-bond acceptors (Lipinski definition) is 5. The van der Waals surface area contributed by atoms with Crippen LogP contribution >= 0.6 is 0 Å². The summed E-state index contributed by atoms with van der Waals surface area (Å²) in [6.45, 7) is 1.50. The molecule has 0 aromatic heterocycles. The molecule has 1 saturated heterocycles. The van der Waals surface area contributed by atoms with E-state index in [2.05, 4.69) is 5.32 Å². The molecule has 1 aliphatic rings. The third-order valence-electron chi connectivity index (χ3n) is 2.46. The molecular formula is C9H17NO5. The zero-order chi connectivity index (χ0) is 11.4. The van der Waals surface area contributed by atoms with Crippen LogP contribution in [-0.2, 0) is 9.53 Å². The van der Waals surface area contributed by atoms with E-state index < -0.39 is 24.4 Å². The molecule has 1 amide bonds. The van der Waals surface area contributed by atoms with E-state index in [-0.39, 0.29) is 19.1 Å². The van der Waals surface area contributed by atoms with Gasteiger partial charge in [-0.05, 0) is 0 Å². The van der Waals surface area contributed by atoms with Crippen LogP contribution in [0.25, 0.3) is 0 Å². The second-order valence-corrected chi connectivity index (χ2v) is 3.53. The van der Waals surface area contributed by atoms with E-state index >= 15 is 0 Å². The van der Waals surface area contributed by atoms with Crippen molar-refractivity contribution in [2.45, 2.75) is 37.8 Å². The first-order valence-electron chi connectivity index (χ1n) is 4.99. The van der Waals surface area contributed by atoms with Crippen molar-refractivity contribution in [3.8, 4) is 0 Å². The lowest BCUT2D eigenvalue weighted by Gasteiger charge is -2.14. The normalized spacial score (nSPS) is 35.5. The molecule has 4 atom stereocenters. The molecule has 0 aliphatic carbocycles. The Kier molecular flexibility index (Phi) is 4.46. The van der Waals surface area contributed by atoms with E-state index in [9.17, 15) is 15.0 Å². The van der Waals surface area contributed by atoms with E-state index in [1.54, 1.807) is 6.92 Å². The van der Waals surface area contributed by atoms with Crippen molar-refractivity contribution in [2.24, 2.45) is 0 Å². The van der Waals surface area contributed by atoms with Crippen LogP contribution in [-0.4, -0.2) is 58.8 Å². The second-order valence-electron chi connectivity index (χ2n) is 3.53. The highest BCUT2D eigenvalue weighted by Crippen LogP contribution is 2.20. The van der Waals surface area contributed by atoms with Crippen LogP contribution in [0, 0.1) is 0 Å². The summed E-state index contributed by atoms with van der Waals surface area (Å²) in [5.74, 6) is -0.146. The van der Waals surface area contributed by atoms with Crippen molar-refractivity contribution < 1.29 is 24.9 Å². The molecule has 88 valence electrons. The third kappa shape index (κ3) is 2.88. The number of ether oxygens (including phenoxy) is 1. The standard InChI is InChI=1S/C9H17NO5/c1-2-7(12)10-3-5-8(13)9(14)6(4-11)15-5/h5-6,8-9,11,13-14H,2-4H2,1H3,(H,10,12)/t5-,6+,8+,9+/m0/s1. The van der Waals surface area contributed by atoms with Gasteiger partial charge in [0.15, 0.2) is 0 Å². The molecule has 0 bridgehead atoms. The van der Waals surface area contributed by atoms with Crippen molar-refractivity contribution >= 4 is 5.91 Å². The molecule has 0 unspecified atom stereocenters. The lowest BCUT2D eigenvalue weighted by Crippen LogP contribution is -2.39. The van der Waals surface area contributed by atoms with Gasteiger partial charge in [0, 0.05) is 13.0 Å². The molecule has 0 spiro atoms. The van der Waals surface area contributed by atoms with E-state index in [0.717, 1.165) is 0 Å². The predicted molar refractivity (Wildman–Crippen MR) is 51.1 cm³/mol. The minimum atomic E-state index is -1.10. The van der Waals surface area contributed by atoms with Gasteiger partial charge in [-0.1, -0.05) is 6.92 Å². The van der Waals surface area contributed by atoms with E-state index in [4.69, 9.17) is 9.84 Å². The zero-order valence-corrected chi connectivity index (χ0v) is 8.59. The van der Waals surface area contributed by atoms with Gasteiger partial charge in [0.2, 0.25) is 5.91 Å². The fraction of sp³-hybridized carbons (Fsp3) is 0.889. The highest BCUT2D eigenvalue weighted by atomic mass is 16.6. The highest BCUT2D eigenvalue weighted by molar-refractivity contribution is 5.75. The number of nitrogens with one attached hydrogen (secondary N) is 1.